The largest absolute Gasteiger partial charge is 0.388 e. The number of hydrogen-bond donors (Lipinski definition) is 2. The number of aromatic nitrogens is 1. The van der Waals surface area contributed by atoms with Gasteiger partial charge in [-0.15, -0.1) is 0 Å². The summed E-state index contributed by atoms with van der Waals surface area (Å²) >= 11 is 0. The molecule has 1 aliphatic rings. The van der Waals surface area contributed by atoms with Gasteiger partial charge in [-0.05, 0) is 49.1 Å². The van der Waals surface area contributed by atoms with Gasteiger partial charge in [-0.2, -0.15) is 5.26 Å². The van der Waals surface area contributed by atoms with E-state index in [0.717, 1.165) is 16.5 Å². The molecule has 1 fully saturated rings. The summed E-state index contributed by atoms with van der Waals surface area (Å²) in [5.74, 6) is -1.30. The summed E-state index contributed by atoms with van der Waals surface area (Å²) in [5, 5.41) is 18.6. The Bertz CT molecular complexity index is 1450. The Morgan fingerprint density at radius 3 is 2.28 bits per heavy atom. The van der Waals surface area contributed by atoms with Crippen LogP contribution in [0.2, 0.25) is 0 Å². The van der Waals surface area contributed by atoms with Crippen LogP contribution >= 0.6 is 0 Å². The van der Waals surface area contributed by atoms with Crippen LogP contribution in [0.4, 0.5) is 10.1 Å². The lowest BCUT2D eigenvalue weighted by molar-refractivity contribution is -0.140. The minimum atomic E-state index is -1.08. The molecular formula is C34H43FN6O5. The second-order valence-electron chi connectivity index (χ2n) is 11.5. The number of rotatable bonds is 9. The van der Waals surface area contributed by atoms with Gasteiger partial charge in [-0.1, -0.05) is 56.3 Å². The molecule has 0 bridgehead atoms. The van der Waals surface area contributed by atoms with Crippen molar-refractivity contribution in [2.24, 2.45) is 11.8 Å². The van der Waals surface area contributed by atoms with Gasteiger partial charge < -0.3 is 29.8 Å². The number of likely N-dealkylation sites (N-methyl/N-ethyl adjacent to an activating group) is 1. The second-order valence-corrected chi connectivity index (χ2v) is 11.5. The van der Waals surface area contributed by atoms with Crippen LogP contribution in [0.1, 0.15) is 49.0 Å². The zero-order valence-corrected chi connectivity index (χ0v) is 27.2. The van der Waals surface area contributed by atoms with Crippen LogP contribution in [0, 0.1) is 35.9 Å². The topological polar surface area (TPSA) is 149 Å². The van der Waals surface area contributed by atoms with Crippen molar-refractivity contribution in [2.75, 3.05) is 32.5 Å². The van der Waals surface area contributed by atoms with Crippen molar-refractivity contribution in [2.45, 2.75) is 52.6 Å². The fourth-order valence-corrected chi connectivity index (χ4v) is 4.37. The molecule has 3 unspecified atom stereocenters. The molecule has 3 atom stereocenters. The monoisotopic (exact) mass is 634 g/mol. The van der Waals surface area contributed by atoms with E-state index in [1.165, 1.54) is 42.3 Å². The van der Waals surface area contributed by atoms with E-state index >= 15 is 0 Å². The Morgan fingerprint density at radius 1 is 1.15 bits per heavy atom. The van der Waals surface area contributed by atoms with Gasteiger partial charge in [0.2, 0.25) is 11.8 Å². The van der Waals surface area contributed by atoms with Crippen LogP contribution in [-0.4, -0.2) is 78.2 Å². The SMILES string of the molecule is CC(C)C.CNc1ccccc1.Cc1cc(C(=O)NC(Cc2ccc(F)cc2)C(=O)N(C)CC(=O)N2CC(C=O)CC2C#N)no1. The maximum Gasteiger partial charge on any atom is 0.274 e. The van der Waals surface area contributed by atoms with Crippen molar-refractivity contribution in [3.05, 3.63) is 83.5 Å². The lowest BCUT2D eigenvalue weighted by Gasteiger charge is -2.27. The van der Waals surface area contributed by atoms with Gasteiger partial charge in [0.25, 0.3) is 5.91 Å². The van der Waals surface area contributed by atoms with E-state index in [9.17, 15) is 28.8 Å². The van der Waals surface area contributed by atoms with Crippen LogP contribution in [-0.2, 0) is 20.8 Å². The lowest BCUT2D eigenvalue weighted by Crippen LogP contribution is -2.51. The van der Waals surface area contributed by atoms with Gasteiger partial charge in [-0.3, -0.25) is 14.4 Å². The molecule has 11 nitrogen and oxygen atoms in total. The highest BCUT2D eigenvalue weighted by atomic mass is 19.1. The molecular weight excluding hydrogens is 591 g/mol. The number of nitriles is 1. The van der Waals surface area contributed by atoms with E-state index in [2.05, 4.69) is 36.6 Å². The molecule has 0 spiro atoms. The van der Waals surface area contributed by atoms with Crippen molar-refractivity contribution in [3.63, 3.8) is 0 Å². The first-order chi connectivity index (χ1) is 21.9. The molecule has 2 N–H and O–H groups in total. The summed E-state index contributed by atoms with van der Waals surface area (Å²) in [5.41, 5.74) is 1.74. The predicted molar refractivity (Wildman–Crippen MR) is 172 cm³/mol. The van der Waals surface area contributed by atoms with Crippen LogP contribution in [0.25, 0.3) is 0 Å². The Kier molecular flexibility index (Phi) is 15.1. The normalized spacial score (nSPS) is 15.7. The number of benzene rings is 2. The number of nitrogens with zero attached hydrogens (tertiary/aromatic N) is 4. The quantitative estimate of drug-likeness (QED) is 0.332. The number of hydrogen-bond acceptors (Lipinski definition) is 8. The van der Waals surface area contributed by atoms with Crippen LogP contribution < -0.4 is 10.6 Å². The summed E-state index contributed by atoms with van der Waals surface area (Å²) in [6.07, 6.45) is 1.01. The van der Waals surface area contributed by atoms with Gasteiger partial charge in [0.15, 0.2) is 5.69 Å². The number of anilines is 1. The summed E-state index contributed by atoms with van der Waals surface area (Å²) in [6, 6.07) is 17.1. The lowest BCUT2D eigenvalue weighted by atomic mass is 10.0. The number of halogens is 1. The zero-order chi connectivity index (χ0) is 34.2. The molecule has 4 rings (SSSR count). The fraction of sp³-hybridized carbons (Fsp3) is 0.412. The van der Waals surface area contributed by atoms with Gasteiger partial charge in [-0.25, -0.2) is 4.39 Å². The summed E-state index contributed by atoms with van der Waals surface area (Å²) in [4.78, 5) is 52.1. The maximum absolute atomic E-state index is 13.3. The van der Waals surface area contributed by atoms with Crippen molar-refractivity contribution >= 4 is 29.7 Å². The molecule has 0 aliphatic carbocycles. The van der Waals surface area contributed by atoms with Crippen molar-refractivity contribution in [1.82, 2.24) is 20.3 Å². The highest BCUT2D eigenvalue weighted by Crippen LogP contribution is 2.21. The number of aryl methyl sites for hydroxylation is 1. The van der Waals surface area contributed by atoms with Crippen molar-refractivity contribution in [3.8, 4) is 6.07 Å². The van der Waals surface area contributed by atoms with Gasteiger partial charge in [0, 0.05) is 44.7 Å². The first kappa shape index (κ1) is 37.1. The average Bonchev–Trinajstić information content (AvgIpc) is 3.68. The molecule has 46 heavy (non-hydrogen) atoms. The molecule has 246 valence electrons. The smallest absolute Gasteiger partial charge is 0.274 e. The summed E-state index contributed by atoms with van der Waals surface area (Å²) in [6.45, 7) is 7.89. The Morgan fingerprint density at radius 2 is 1.78 bits per heavy atom. The molecule has 0 radical (unpaired) electrons. The van der Waals surface area contributed by atoms with E-state index in [1.807, 2.05) is 43.4 Å². The van der Waals surface area contributed by atoms with Crippen LogP contribution in [0.15, 0.2) is 65.2 Å². The van der Waals surface area contributed by atoms with E-state index in [1.54, 1.807) is 6.92 Å². The van der Waals surface area contributed by atoms with E-state index in [0.29, 0.717) is 17.6 Å². The van der Waals surface area contributed by atoms with Crippen LogP contribution in [0.3, 0.4) is 0 Å². The summed E-state index contributed by atoms with van der Waals surface area (Å²) < 4.78 is 18.2. The van der Waals surface area contributed by atoms with E-state index < -0.39 is 41.5 Å². The predicted octanol–water partition coefficient (Wildman–Crippen LogP) is 4.25. The highest BCUT2D eigenvalue weighted by molar-refractivity contribution is 5.97. The second kappa shape index (κ2) is 18.7. The Labute approximate surface area is 269 Å². The van der Waals surface area contributed by atoms with E-state index in [4.69, 9.17) is 4.52 Å². The third-order valence-electron chi connectivity index (χ3n) is 6.62. The molecule has 12 heteroatoms. The van der Waals surface area contributed by atoms with Gasteiger partial charge in [0.05, 0.1) is 12.6 Å². The minimum Gasteiger partial charge on any atom is -0.388 e. The maximum atomic E-state index is 13.3. The summed E-state index contributed by atoms with van der Waals surface area (Å²) in [7, 11) is 3.31. The molecule has 2 heterocycles. The molecule has 1 saturated heterocycles. The molecule has 1 aliphatic heterocycles. The van der Waals surface area contributed by atoms with Crippen LogP contribution in [0.5, 0.6) is 0 Å². The number of para-hydroxylation sites is 1. The minimum absolute atomic E-state index is 0.0121. The number of carbonyl (C=O) groups is 4. The average molecular weight is 635 g/mol. The number of carbonyl (C=O) groups excluding carboxylic acids is 4. The molecule has 1 aromatic heterocycles. The zero-order valence-electron chi connectivity index (χ0n) is 27.2. The van der Waals surface area contributed by atoms with Crippen molar-refractivity contribution in [1.29, 1.82) is 5.26 Å². The standard InChI is InChI=1S/C23H24FN5O5.C7H9N.C4H10/c1-14-7-19(27-34-14)22(32)26-20(9-15-3-5-17(24)6-4-15)23(33)28(2)12-21(31)29-11-16(13-30)8-18(29)10-25;1-8-7-5-3-2-4-6-7;1-4(2)3/h3-7,13,16,18,20H,8-9,11-12H2,1-2H3,(H,26,32);2-6,8H,1H3;4H,1-3H3. The third kappa shape index (κ3) is 12.1. The third-order valence-corrected chi connectivity index (χ3v) is 6.62. The molecule has 2 aromatic carbocycles. The molecule has 3 aromatic rings. The number of likely N-dealkylation sites (tertiary alicyclic amines) is 1. The fourth-order valence-electron chi connectivity index (χ4n) is 4.37. The highest BCUT2D eigenvalue weighted by Gasteiger charge is 2.36. The number of nitrogens with one attached hydrogen (secondary N) is 2. The van der Waals surface area contributed by atoms with Gasteiger partial charge in [0.1, 0.15) is 29.9 Å². The van der Waals surface area contributed by atoms with E-state index in [-0.39, 0.29) is 31.6 Å². The first-order valence-corrected chi connectivity index (χ1v) is 15.0. The molecule has 0 saturated carbocycles. The van der Waals surface area contributed by atoms with Gasteiger partial charge >= 0.3 is 0 Å². The number of aldehydes is 1. The number of amides is 3. The Hall–Kier alpha value is -5.05. The van der Waals surface area contributed by atoms with Crippen molar-refractivity contribution < 1.29 is 28.1 Å². The molecule has 3 amide bonds. The first-order valence-electron chi connectivity index (χ1n) is 15.0. The Balaban J connectivity index is 0.000000514.